The van der Waals surface area contributed by atoms with E-state index in [1.807, 2.05) is 32.0 Å². The molecule has 0 saturated carbocycles. The summed E-state index contributed by atoms with van der Waals surface area (Å²) in [5.74, 6) is 0.779. The monoisotopic (exact) mass is 440 g/mol. The quantitative estimate of drug-likeness (QED) is 0.387. The van der Waals surface area contributed by atoms with Crippen LogP contribution in [-0.2, 0) is 4.79 Å². The van der Waals surface area contributed by atoms with E-state index in [1.165, 1.54) is 0 Å². The molecular weight excluding hydrogens is 423 g/mol. The molecule has 5 nitrogen and oxygen atoms in total. The van der Waals surface area contributed by atoms with Gasteiger partial charge in [-0.25, -0.2) is 4.98 Å². The van der Waals surface area contributed by atoms with Crippen molar-refractivity contribution < 1.29 is 13.9 Å². The number of oxazole rings is 1. The van der Waals surface area contributed by atoms with E-state index in [0.29, 0.717) is 44.0 Å². The Labute approximate surface area is 183 Å². The summed E-state index contributed by atoms with van der Waals surface area (Å²) in [7, 11) is 0. The minimum atomic E-state index is -0.268. The summed E-state index contributed by atoms with van der Waals surface area (Å²) in [6.45, 7) is 3.86. The van der Waals surface area contributed by atoms with Gasteiger partial charge in [0.25, 0.3) is 5.91 Å². The van der Waals surface area contributed by atoms with Crippen LogP contribution in [0.4, 0.5) is 5.69 Å². The predicted molar refractivity (Wildman–Crippen MR) is 120 cm³/mol. The fraction of sp³-hybridized carbons (Fsp3) is 0.130. The lowest BCUT2D eigenvalue weighted by Gasteiger charge is -2.10. The second kappa shape index (κ2) is 8.38. The number of ether oxygens (including phenoxy) is 1. The van der Waals surface area contributed by atoms with Crippen molar-refractivity contribution in [3.63, 3.8) is 0 Å². The smallest absolute Gasteiger partial charge is 0.262 e. The number of carbonyl (C=O) groups is 1. The Kier molecular flexibility index (Phi) is 5.66. The van der Waals surface area contributed by atoms with Crippen LogP contribution in [0.1, 0.15) is 11.1 Å². The average molecular weight is 441 g/mol. The molecule has 0 aliphatic rings. The fourth-order valence-corrected chi connectivity index (χ4v) is 3.47. The maximum atomic E-state index is 12.3. The van der Waals surface area contributed by atoms with Crippen molar-refractivity contribution in [2.45, 2.75) is 13.8 Å². The molecule has 0 aliphatic carbocycles. The number of nitrogens with one attached hydrogen (secondary N) is 1. The Hall–Kier alpha value is -3.02. The third-order valence-electron chi connectivity index (χ3n) is 4.54. The van der Waals surface area contributed by atoms with Gasteiger partial charge in [0.15, 0.2) is 12.2 Å². The molecule has 4 rings (SSSR count). The molecule has 1 N–H and O–H groups in total. The van der Waals surface area contributed by atoms with Gasteiger partial charge in [-0.05, 0) is 55.8 Å². The van der Waals surface area contributed by atoms with E-state index in [-0.39, 0.29) is 12.5 Å². The number of hydrogen-bond acceptors (Lipinski definition) is 4. The average Bonchev–Trinajstić information content (AvgIpc) is 3.12. The number of aromatic nitrogens is 1. The summed E-state index contributed by atoms with van der Waals surface area (Å²) in [5, 5.41) is 3.61. The zero-order valence-electron chi connectivity index (χ0n) is 16.3. The van der Waals surface area contributed by atoms with E-state index in [9.17, 15) is 4.79 Å². The maximum Gasteiger partial charge on any atom is 0.262 e. The Morgan fingerprint density at radius 1 is 1.10 bits per heavy atom. The molecule has 0 saturated heterocycles. The molecule has 0 bridgehead atoms. The highest BCUT2D eigenvalue weighted by Gasteiger charge is 2.14. The van der Waals surface area contributed by atoms with Gasteiger partial charge < -0.3 is 14.5 Å². The number of anilines is 1. The van der Waals surface area contributed by atoms with Gasteiger partial charge in [0, 0.05) is 5.69 Å². The van der Waals surface area contributed by atoms with E-state index in [1.54, 1.807) is 36.4 Å². The zero-order chi connectivity index (χ0) is 21.3. The number of rotatable bonds is 5. The van der Waals surface area contributed by atoms with Gasteiger partial charge in [-0.2, -0.15) is 0 Å². The van der Waals surface area contributed by atoms with Crippen LogP contribution >= 0.6 is 23.2 Å². The second-order valence-corrected chi connectivity index (χ2v) is 7.69. The first-order valence-electron chi connectivity index (χ1n) is 9.25. The fourth-order valence-electron chi connectivity index (χ4n) is 3.09. The molecule has 1 aromatic heterocycles. The molecule has 0 aliphatic heterocycles. The third kappa shape index (κ3) is 4.27. The lowest BCUT2D eigenvalue weighted by atomic mass is 10.1. The van der Waals surface area contributed by atoms with E-state index in [2.05, 4.69) is 10.3 Å². The lowest BCUT2D eigenvalue weighted by Crippen LogP contribution is -2.20. The van der Waals surface area contributed by atoms with Crippen molar-refractivity contribution in [2.75, 3.05) is 11.9 Å². The molecule has 0 spiro atoms. The van der Waals surface area contributed by atoms with Crippen molar-refractivity contribution in [3.8, 4) is 17.2 Å². The molecule has 3 aromatic carbocycles. The highest BCUT2D eigenvalue weighted by molar-refractivity contribution is 6.43. The Morgan fingerprint density at radius 3 is 2.73 bits per heavy atom. The van der Waals surface area contributed by atoms with Crippen molar-refractivity contribution in [3.05, 3.63) is 75.8 Å². The van der Waals surface area contributed by atoms with Gasteiger partial charge in [-0.3, -0.25) is 4.79 Å². The first kappa shape index (κ1) is 20.3. The molecule has 4 aromatic rings. The normalized spacial score (nSPS) is 10.9. The summed E-state index contributed by atoms with van der Waals surface area (Å²) in [4.78, 5) is 16.8. The predicted octanol–water partition coefficient (Wildman–Crippen LogP) is 6.44. The van der Waals surface area contributed by atoms with Crippen LogP contribution in [0.3, 0.4) is 0 Å². The zero-order valence-corrected chi connectivity index (χ0v) is 17.8. The standard InChI is InChI=1S/C23H18Cl2N2O3/c1-13-6-8-19(14(2)10-13)29-12-21(28)26-15-7-9-20-18(11-15)27-23(30-20)16-4-3-5-17(24)22(16)25/h3-11H,12H2,1-2H3,(H,26,28). The number of amides is 1. The summed E-state index contributed by atoms with van der Waals surface area (Å²) in [6.07, 6.45) is 0. The van der Waals surface area contributed by atoms with Gasteiger partial charge in [-0.1, -0.05) is 47.0 Å². The molecular formula is C23H18Cl2N2O3. The van der Waals surface area contributed by atoms with E-state index >= 15 is 0 Å². The molecule has 152 valence electrons. The number of nitrogens with zero attached hydrogens (tertiary/aromatic N) is 1. The Bertz CT molecular complexity index is 1250. The second-order valence-electron chi connectivity index (χ2n) is 6.91. The molecule has 1 amide bonds. The van der Waals surface area contributed by atoms with Crippen LogP contribution in [0.2, 0.25) is 10.0 Å². The van der Waals surface area contributed by atoms with Crippen molar-refractivity contribution in [2.24, 2.45) is 0 Å². The van der Waals surface area contributed by atoms with Crippen LogP contribution in [0.25, 0.3) is 22.6 Å². The molecule has 0 atom stereocenters. The number of benzene rings is 3. The van der Waals surface area contributed by atoms with Crippen LogP contribution in [0.5, 0.6) is 5.75 Å². The third-order valence-corrected chi connectivity index (χ3v) is 5.36. The van der Waals surface area contributed by atoms with Crippen LogP contribution < -0.4 is 10.1 Å². The number of aryl methyl sites for hydroxylation is 2. The van der Waals surface area contributed by atoms with Crippen LogP contribution in [0, 0.1) is 13.8 Å². The lowest BCUT2D eigenvalue weighted by molar-refractivity contribution is -0.118. The van der Waals surface area contributed by atoms with Crippen molar-refractivity contribution in [1.82, 2.24) is 4.98 Å². The summed E-state index contributed by atoms with van der Waals surface area (Å²) < 4.78 is 11.4. The molecule has 0 fully saturated rings. The minimum Gasteiger partial charge on any atom is -0.483 e. The number of fused-ring (bicyclic) bond motifs is 1. The first-order valence-corrected chi connectivity index (χ1v) is 10.0. The molecule has 1 heterocycles. The van der Waals surface area contributed by atoms with Gasteiger partial charge in [0.2, 0.25) is 5.89 Å². The SMILES string of the molecule is Cc1ccc(OCC(=O)Nc2ccc3oc(-c4cccc(Cl)c4Cl)nc3c2)c(C)c1. The van der Waals surface area contributed by atoms with E-state index < -0.39 is 0 Å². The highest BCUT2D eigenvalue weighted by atomic mass is 35.5. The number of carbonyl (C=O) groups excluding carboxylic acids is 1. The maximum absolute atomic E-state index is 12.3. The van der Waals surface area contributed by atoms with Gasteiger partial charge in [-0.15, -0.1) is 0 Å². The summed E-state index contributed by atoms with van der Waals surface area (Å²) in [6, 6.07) is 16.3. The van der Waals surface area contributed by atoms with E-state index in [4.69, 9.17) is 32.4 Å². The summed E-state index contributed by atoms with van der Waals surface area (Å²) >= 11 is 12.3. The van der Waals surface area contributed by atoms with Crippen molar-refractivity contribution >= 4 is 45.9 Å². The Morgan fingerprint density at radius 2 is 1.93 bits per heavy atom. The van der Waals surface area contributed by atoms with E-state index in [0.717, 1.165) is 11.1 Å². The first-order chi connectivity index (χ1) is 14.4. The van der Waals surface area contributed by atoms with Gasteiger partial charge in [0.05, 0.1) is 15.6 Å². The van der Waals surface area contributed by atoms with Crippen molar-refractivity contribution in [1.29, 1.82) is 0 Å². The van der Waals surface area contributed by atoms with Crippen LogP contribution in [-0.4, -0.2) is 17.5 Å². The molecule has 7 heteroatoms. The molecule has 30 heavy (non-hydrogen) atoms. The topological polar surface area (TPSA) is 64.4 Å². The number of halogens is 2. The van der Waals surface area contributed by atoms with Gasteiger partial charge >= 0.3 is 0 Å². The molecule has 0 unspecified atom stereocenters. The number of hydrogen-bond donors (Lipinski definition) is 1. The highest BCUT2D eigenvalue weighted by Crippen LogP contribution is 2.34. The molecule has 0 radical (unpaired) electrons. The Balaban J connectivity index is 1.48. The van der Waals surface area contributed by atoms with Gasteiger partial charge in [0.1, 0.15) is 11.3 Å². The van der Waals surface area contributed by atoms with Crippen LogP contribution in [0.15, 0.2) is 59.0 Å². The summed E-state index contributed by atoms with van der Waals surface area (Å²) in [5.41, 5.74) is 4.49. The largest absolute Gasteiger partial charge is 0.483 e. The minimum absolute atomic E-state index is 0.0931.